The Balaban J connectivity index is 1.62. The highest BCUT2D eigenvalue weighted by Crippen LogP contribution is 2.63. The number of benzene rings is 1. The van der Waals surface area contributed by atoms with Crippen LogP contribution in [0.15, 0.2) is 24.3 Å². The molecule has 0 amide bonds. The van der Waals surface area contributed by atoms with E-state index in [9.17, 15) is 0 Å². The maximum Gasteiger partial charge on any atom is 0.0399 e. The smallest absolute Gasteiger partial charge is 0.0399 e. The minimum atomic E-state index is 0.615. The molecule has 1 aromatic carbocycles. The number of hydrogen-bond donors (Lipinski definition) is 0. The average molecular weight is 242 g/mol. The molecule has 4 rings (SSSR count). The maximum absolute atomic E-state index is 2.64. The van der Waals surface area contributed by atoms with Crippen molar-refractivity contribution in [3.63, 3.8) is 0 Å². The molecule has 1 saturated heterocycles. The van der Waals surface area contributed by atoms with Crippen LogP contribution in [0.4, 0.5) is 5.69 Å². The van der Waals surface area contributed by atoms with E-state index in [-0.39, 0.29) is 0 Å². The molecule has 96 valence electrons. The van der Waals surface area contributed by atoms with Crippen LogP contribution < -0.4 is 4.90 Å². The number of para-hydroxylation sites is 1. The van der Waals surface area contributed by atoms with Gasteiger partial charge in [0, 0.05) is 37.3 Å². The van der Waals surface area contributed by atoms with Crippen LogP contribution in [0.3, 0.4) is 0 Å². The third-order valence-electron chi connectivity index (χ3n) is 5.64. The zero-order chi connectivity index (χ0) is 12.3. The van der Waals surface area contributed by atoms with Gasteiger partial charge in [-0.1, -0.05) is 25.1 Å². The van der Waals surface area contributed by atoms with Gasteiger partial charge in [0.2, 0.25) is 0 Å². The quantitative estimate of drug-likeness (QED) is 0.785. The van der Waals surface area contributed by atoms with Crippen molar-refractivity contribution in [2.24, 2.45) is 11.3 Å². The molecule has 3 aliphatic rings. The Labute approximate surface area is 110 Å². The number of fused-ring (bicyclic) bond motifs is 2. The second-order valence-corrected chi connectivity index (χ2v) is 6.42. The molecule has 0 spiro atoms. The fourth-order valence-electron chi connectivity index (χ4n) is 4.52. The second kappa shape index (κ2) is 3.51. The Hall–Kier alpha value is -1.02. The molecule has 0 radical (unpaired) electrons. The first kappa shape index (κ1) is 10.9. The Morgan fingerprint density at radius 3 is 2.89 bits per heavy atom. The Kier molecular flexibility index (Phi) is 2.12. The Morgan fingerprint density at radius 2 is 2.17 bits per heavy atom. The van der Waals surface area contributed by atoms with Crippen LogP contribution in [0.1, 0.15) is 18.9 Å². The molecule has 0 aromatic heterocycles. The number of anilines is 1. The summed E-state index contributed by atoms with van der Waals surface area (Å²) in [4.78, 5) is 5.21. The molecule has 2 fully saturated rings. The third kappa shape index (κ3) is 1.27. The molecule has 0 N–H and O–H groups in total. The fourth-order valence-corrected chi connectivity index (χ4v) is 4.52. The summed E-state index contributed by atoms with van der Waals surface area (Å²) in [6.45, 7) is 6.20. The van der Waals surface area contributed by atoms with Gasteiger partial charge in [-0.2, -0.15) is 0 Å². The normalized spacial score (nSPS) is 37.8. The van der Waals surface area contributed by atoms with Gasteiger partial charge in [0.1, 0.15) is 0 Å². The fraction of sp³-hybridized carbons (Fsp3) is 0.625. The van der Waals surface area contributed by atoms with Gasteiger partial charge >= 0.3 is 0 Å². The molecule has 2 heteroatoms. The zero-order valence-electron chi connectivity index (χ0n) is 11.4. The standard InChI is InChI=1S/C16H22N2/c1-3-18-10-13-9-16(13,11-18)15-8-12-6-4-5-7-14(12)17(15)2/h4-7,13,15H,3,8-11H2,1-2H3. The lowest BCUT2D eigenvalue weighted by atomic mass is 9.92. The van der Waals surface area contributed by atoms with Crippen molar-refractivity contribution in [3.05, 3.63) is 29.8 Å². The predicted molar refractivity (Wildman–Crippen MR) is 75.0 cm³/mol. The summed E-state index contributed by atoms with van der Waals surface area (Å²) in [5, 5.41) is 0. The molecule has 0 bridgehead atoms. The van der Waals surface area contributed by atoms with E-state index in [4.69, 9.17) is 0 Å². The average Bonchev–Trinajstić information content (AvgIpc) is 2.80. The lowest BCUT2D eigenvalue weighted by molar-refractivity contribution is 0.273. The number of rotatable bonds is 2. The van der Waals surface area contributed by atoms with Gasteiger partial charge in [0.15, 0.2) is 0 Å². The number of likely N-dealkylation sites (tertiary alicyclic amines) is 1. The monoisotopic (exact) mass is 242 g/mol. The summed E-state index contributed by atoms with van der Waals surface area (Å²) < 4.78 is 0. The van der Waals surface area contributed by atoms with Crippen molar-refractivity contribution in [2.75, 3.05) is 31.6 Å². The lowest BCUT2D eigenvalue weighted by Crippen LogP contribution is -2.40. The van der Waals surface area contributed by atoms with Gasteiger partial charge in [-0.15, -0.1) is 0 Å². The van der Waals surface area contributed by atoms with Gasteiger partial charge in [0.25, 0.3) is 0 Å². The van der Waals surface area contributed by atoms with Gasteiger partial charge in [0.05, 0.1) is 0 Å². The highest BCUT2D eigenvalue weighted by atomic mass is 15.2. The van der Waals surface area contributed by atoms with Gasteiger partial charge in [-0.05, 0) is 36.9 Å². The van der Waals surface area contributed by atoms with Crippen LogP contribution in [-0.2, 0) is 6.42 Å². The second-order valence-electron chi connectivity index (χ2n) is 6.42. The number of piperidine rings is 1. The third-order valence-corrected chi connectivity index (χ3v) is 5.64. The number of hydrogen-bond acceptors (Lipinski definition) is 2. The molecule has 1 aromatic rings. The summed E-state index contributed by atoms with van der Waals surface area (Å²) in [6, 6.07) is 9.70. The number of likely N-dealkylation sites (N-methyl/N-ethyl adjacent to an activating group) is 1. The summed E-state index contributed by atoms with van der Waals surface area (Å²) >= 11 is 0. The molecule has 3 atom stereocenters. The van der Waals surface area contributed by atoms with Crippen molar-refractivity contribution in [1.82, 2.24) is 4.90 Å². The summed E-state index contributed by atoms with van der Waals surface area (Å²) in [6.07, 6.45) is 2.73. The molecule has 18 heavy (non-hydrogen) atoms. The van der Waals surface area contributed by atoms with Crippen LogP contribution in [0, 0.1) is 11.3 Å². The van der Waals surface area contributed by atoms with Gasteiger partial charge < -0.3 is 9.80 Å². The van der Waals surface area contributed by atoms with Crippen molar-refractivity contribution in [2.45, 2.75) is 25.8 Å². The van der Waals surface area contributed by atoms with Crippen LogP contribution >= 0.6 is 0 Å². The SMILES string of the molecule is CCN1CC2CC2(C2Cc3ccccc3N2C)C1. The van der Waals surface area contributed by atoms with Gasteiger partial charge in [-0.25, -0.2) is 0 Å². The first-order valence-corrected chi connectivity index (χ1v) is 7.27. The van der Waals surface area contributed by atoms with E-state index in [1.165, 1.54) is 38.2 Å². The summed E-state index contributed by atoms with van der Waals surface area (Å²) in [5.74, 6) is 0.971. The van der Waals surface area contributed by atoms with Crippen LogP contribution in [-0.4, -0.2) is 37.6 Å². The van der Waals surface area contributed by atoms with Crippen LogP contribution in [0.25, 0.3) is 0 Å². The van der Waals surface area contributed by atoms with E-state index in [2.05, 4.69) is 48.0 Å². The van der Waals surface area contributed by atoms with Crippen molar-refractivity contribution >= 4 is 5.69 Å². The van der Waals surface area contributed by atoms with Crippen molar-refractivity contribution < 1.29 is 0 Å². The van der Waals surface area contributed by atoms with Crippen molar-refractivity contribution in [1.29, 1.82) is 0 Å². The minimum absolute atomic E-state index is 0.615. The molecule has 1 saturated carbocycles. The van der Waals surface area contributed by atoms with Crippen LogP contribution in [0.2, 0.25) is 0 Å². The Bertz CT molecular complexity index is 484. The van der Waals surface area contributed by atoms with E-state index in [1.54, 1.807) is 5.56 Å². The molecule has 2 aliphatic heterocycles. The minimum Gasteiger partial charge on any atom is -0.370 e. The van der Waals surface area contributed by atoms with E-state index >= 15 is 0 Å². The van der Waals surface area contributed by atoms with Crippen molar-refractivity contribution in [3.8, 4) is 0 Å². The molecule has 2 heterocycles. The highest BCUT2D eigenvalue weighted by molar-refractivity contribution is 5.60. The number of nitrogens with zero attached hydrogens (tertiary/aromatic N) is 2. The van der Waals surface area contributed by atoms with E-state index in [1.807, 2.05) is 0 Å². The van der Waals surface area contributed by atoms with Crippen LogP contribution in [0.5, 0.6) is 0 Å². The van der Waals surface area contributed by atoms with E-state index in [0.29, 0.717) is 5.41 Å². The van der Waals surface area contributed by atoms with E-state index < -0.39 is 0 Å². The highest BCUT2D eigenvalue weighted by Gasteiger charge is 2.65. The maximum atomic E-state index is 2.64. The van der Waals surface area contributed by atoms with E-state index in [0.717, 1.165) is 12.0 Å². The first-order valence-electron chi connectivity index (χ1n) is 7.27. The molecule has 3 unspecified atom stereocenters. The first-order chi connectivity index (χ1) is 8.74. The molecule has 1 aliphatic carbocycles. The lowest BCUT2D eigenvalue weighted by Gasteiger charge is -2.31. The molecular formula is C16H22N2. The van der Waals surface area contributed by atoms with Gasteiger partial charge in [-0.3, -0.25) is 0 Å². The summed E-state index contributed by atoms with van der Waals surface area (Å²) in [7, 11) is 2.30. The predicted octanol–water partition coefficient (Wildman–Crippen LogP) is 2.39. The topological polar surface area (TPSA) is 6.48 Å². The molecule has 2 nitrogen and oxygen atoms in total. The summed E-state index contributed by atoms with van der Waals surface area (Å²) in [5.41, 5.74) is 3.64. The largest absolute Gasteiger partial charge is 0.370 e. The molecular weight excluding hydrogens is 220 g/mol. The Morgan fingerprint density at radius 1 is 1.33 bits per heavy atom. The zero-order valence-corrected chi connectivity index (χ0v) is 11.4.